The Balaban J connectivity index is 2.34. The fourth-order valence-corrected chi connectivity index (χ4v) is 2.62. The van der Waals surface area contributed by atoms with Crippen molar-refractivity contribution in [2.45, 2.75) is 13.5 Å². The minimum Gasteiger partial charge on any atom is -0.392 e. The molecule has 0 bridgehead atoms. The molecule has 0 fully saturated rings. The van der Waals surface area contributed by atoms with Crippen LogP contribution >= 0.6 is 11.6 Å². The monoisotopic (exact) mass is 283 g/mol. The van der Waals surface area contributed by atoms with Crippen molar-refractivity contribution in [3.05, 3.63) is 64.7 Å². The number of hydrogen-bond donors (Lipinski definition) is 1. The standard InChI is InChI=1S/C17H14ClNO/c1-11-5-4-6-12-9-13(10-20)17(19-16(11)12)14-7-2-3-8-15(14)18/h2-9,20H,10H2,1H3. The maximum absolute atomic E-state index is 9.62. The highest BCUT2D eigenvalue weighted by molar-refractivity contribution is 6.33. The lowest BCUT2D eigenvalue weighted by Crippen LogP contribution is -1.96. The number of aliphatic hydroxyl groups is 1. The Labute approximate surface area is 122 Å². The lowest BCUT2D eigenvalue weighted by Gasteiger charge is -2.11. The maximum atomic E-state index is 9.62. The SMILES string of the molecule is Cc1cccc2cc(CO)c(-c3ccccc3Cl)nc12. The quantitative estimate of drug-likeness (QED) is 0.758. The zero-order valence-electron chi connectivity index (χ0n) is 11.1. The predicted octanol–water partition coefficient (Wildman–Crippen LogP) is 4.36. The fourth-order valence-electron chi connectivity index (χ4n) is 2.40. The number of rotatable bonds is 2. The number of hydrogen-bond acceptors (Lipinski definition) is 2. The number of para-hydroxylation sites is 1. The van der Waals surface area contributed by atoms with E-state index in [2.05, 4.69) is 0 Å². The number of aliphatic hydroxyl groups excluding tert-OH is 1. The van der Waals surface area contributed by atoms with Gasteiger partial charge in [-0.25, -0.2) is 4.98 Å². The van der Waals surface area contributed by atoms with Crippen LogP contribution < -0.4 is 0 Å². The molecule has 3 heteroatoms. The minimum atomic E-state index is -0.0581. The van der Waals surface area contributed by atoms with Gasteiger partial charge >= 0.3 is 0 Å². The van der Waals surface area contributed by atoms with Crippen molar-refractivity contribution < 1.29 is 5.11 Å². The molecule has 0 spiro atoms. The zero-order valence-corrected chi connectivity index (χ0v) is 11.9. The van der Waals surface area contributed by atoms with Crippen LogP contribution in [0.4, 0.5) is 0 Å². The summed E-state index contributed by atoms with van der Waals surface area (Å²) in [6.45, 7) is 1.97. The van der Waals surface area contributed by atoms with Gasteiger partial charge in [0.15, 0.2) is 0 Å². The van der Waals surface area contributed by atoms with Crippen molar-refractivity contribution in [2.75, 3.05) is 0 Å². The molecule has 2 aromatic carbocycles. The average molecular weight is 284 g/mol. The molecule has 3 rings (SSSR count). The van der Waals surface area contributed by atoms with Crippen molar-refractivity contribution in [1.29, 1.82) is 0 Å². The molecule has 0 atom stereocenters. The lowest BCUT2D eigenvalue weighted by atomic mass is 10.0. The molecule has 0 radical (unpaired) electrons. The first-order chi connectivity index (χ1) is 9.70. The molecule has 100 valence electrons. The average Bonchev–Trinajstić information content (AvgIpc) is 2.47. The number of halogens is 1. The fraction of sp³-hybridized carbons (Fsp3) is 0.118. The molecule has 1 heterocycles. The van der Waals surface area contributed by atoms with Crippen LogP contribution in [-0.4, -0.2) is 10.1 Å². The van der Waals surface area contributed by atoms with Crippen LogP contribution in [0.5, 0.6) is 0 Å². The summed E-state index contributed by atoms with van der Waals surface area (Å²) in [6.07, 6.45) is 0. The van der Waals surface area contributed by atoms with Crippen molar-refractivity contribution in [3.63, 3.8) is 0 Å². The lowest BCUT2D eigenvalue weighted by molar-refractivity contribution is 0.282. The molecule has 2 nitrogen and oxygen atoms in total. The van der Waals surface area contributed by atoms with Crippen LogP contribution in [-0.2, 0) is 6.61 Å². The van der Waals surface area contributed by atoms with Crippen molar-refractivity contribution in [1.82, 2.24) is 4.98 Å². The van der Waals surface area contributed by atoms with E-state index in [4.69, 9.17) is 16.6 Å². The first-order valence-corrected chi connectivity index (χ1v) is 6.83. The summed E-state index contributed by atoms with van der Waals surface area (Å²) >= 11 is 6.26. The Kier molecular flexibility index (Phi) is 3.43. The van der Waals surface area contributed by atoms with Gasteiger partial charge in [0.25, 0.3) is 0 Å². The summed E-state index contributed by atoms with van der Waals surface area (Å²) in [5.41, 5.74) is 4.44. The molecular weight excluding hydrogens is 270 g/mol. The summed E-state index contributed by atoms with van der Waals surface area (Å²) < 4.78 is 0. The van der Waals surface area contributed by atoms with E-state index in [1.165, 1.54) is 0 Å². The summed E-state index contributed by atoms with van der Waals surface area (Å²) in [5, 5.41) is 11.3. The number of pyridine rings is 1. The third kappa shape index (κ3) is 2.17. The normalized spacial score (nSPS) is 10.9. The van der Waals surface area contributed by atoms with Crippen LogP contribution in [0.2, 0.25) is 5.02 Å². The molecule has 20 heavy (non-hydrogen) atoms. The van der Waals surface area contributed by atoms with Crippen LogP contribution in [0.25, 0.3) is 22.2 Å². The van der Waals surface area contributed by atoms with Gasteiger partial charge in [0, 0.05) is 21.5 Å². The van der Waals surface area contributed by atoms with E-state index >= 15 is 0 Å². The highest BCUT2D eigenvalue weighted by atomic mass is 35.5. The number of benzene rings is 2. The summed E-state index contributed by atoms with van der Waals surface area (Å²) in [4.78, 5) is 4.73. The molecule has 0 aliphatic carbocycles. The van der Waals surface area contributed by atoms with Gasteiger partial charge in [0.2, 0.25) is 0 Å². The molecule has 0 amide bonds. The van der Waals surface area contributed by atoms with Gasteiger partial charge in [-0.1, -0.05) is 48.0 Å². The second kappa shape index (κ2) is 5.23. The number of nitrogens with zero attached hydrogens (tertiary/aromatic N) is 1. The Morgan fingerprint density at radius 2 is 1.90 bits per heavy atom. The van der Waals surface area contributed by atoms with Gasteiger partial charge in [0.05, 0.1) is 17.8 Å². The molecule has 1 N–H and O–H groups in total. The third-order valence-corrected chi connectivity index (χ3v) is 3.76. The molecule has 0 saturated heterocycles. The van der Waals surface area contributed by atoms with Gasteiger partial charge in [-0.2, -0.15) is 0 Å². The molecule has 0 aliphatic heterocycles. The molecule has 1 aromatic heterocycles. The second-order valence-corrected chi connectivity index (χ2v) is 5.19. The first-order valence-electron chi connectivity index (χ1n) is 6.45. The van der Waals surface area contributed by atoms with E-state index in [1.54, 1.807) is 0 Å². The van der Waals surface area contributed by atoms with Crippen LogP contribution in [0.3, 0.4) is 0 Å². The van der Waals surface area contributed by atoms with Crippen LogP contribution in [0, 0.1) is 6.92 Å². The number of fused-ring (bicyclic) bond motifs is 1. The first kappa shape index (κ1) is 13.1. The zero-order chi connectivity index (χ0) is 14.1. The van der Waals surface area contributed by atoms with Crippen molar-refractivity contribution in [2.24, 2.45) is 0 Å². The minimum absolute atomic E-state index is 0.0581. The Morgan fingerprint density at radius 3 is 2.65 bits per heavy atom. The van der Waals surface area contributed by atoms with Crippen LogP contribution in [0.15, 0.2) is 48.5 Å². The summed E-state index contributed by atoms with van der Waals surface area (Å²) in [5.74, 6) is 0. The third-order valence-electron chi connectivity index (χ3n) is 3.43. The van der Waals surface area contributed by atoms with E-state index in [9.17, 15) is 5.11 Å². The Bertz CT molecular complexity index is 783. The topological polar surface area (TPSA) is 33.1 Å². The van der Waals surface area contributed by atoms with Crippen molar-refractivity contribution in [3.8, 4) is 11.3 Å². The highest BCUT2D eigenvalue weighted by Crippen LogP contribution is 2.31. The molecule has 0 unspecified atom stereocenters. The highest BCUT2D eigenvalue weighted by Gasteiger charge is 2.12. The maximum Gasteiger partial charge on any atom is 0.0779 e. The van der Waals surface area contributed by atoms with E-state index in [0.29, 0.717) is 5.02 Å². The van der Waals surface area contributed by atoms with Gasteiger partial charge in [-0.3, -0.25) is 0 Å². The van der Waals surface area contributed by atoms with E-state index in [-0.39, 0.29) is 6.61 Å². The largest absolute Gasteiger partial charge is 0.392 e. The van der Waals surface area contributed by atoms with Gasteiger partial charge in [-0.05, 0) is 24.6 Å². The Hall–Kier alpha value is -1.90. The van der Waals surface area contributed by atoms with Gasteiger partial charge in [-0.15, -0.1) is 0 Å². The van der Waals surface area contributed by atoms with Gasteiger partial charge in [0.1, 0.15) is 0 Å². The van der Waals surface area contributed by atoms with E-state index in [0.717, 1.165) is 33.3 Å². The van der Waals surface area contributed by atoms with Crippen molar-refractivity contribution >= 4 is 22.5 Å². The number of aryl methyl sites for hydroxylation is 1. The number of aromatic nitrogens is 1. The van der Waals surface area contributed by atoms with E-state index in [1.807, 2.05) is 55.5 Å². The van der Waals surface area contributed by atoms with Crippen LogP contribution in [0.1, 0.15) is 11.1 Å². The Morgan fingerprint density at radius 1 is 1.10 bits per heavy atom. The smallest absolute Gasteiger partial charge is 0.0779 e. The molecular formula is C17H14ClNO. The summed E-state index contributed by atoms with van der Waals surface area (Å²) in [6, 6.07) is 15.6. The molecule has 0 aliphatic rings. The molecule has 3 aromatic rings. The van der Waals surface area contributed by atoms with E-state index < -0.39 is 0 Å². The second-order valence-electron chi connectivity index (χ2n) is 4.78. The summed E-state index contributed by atoms with van der Waals surface area (Å²) in [7, 11) is 0. The molecule has 0 saturated carbocycles. The van der Waals surface area contributed by atoms with Gasteiger partial charge < -0.3 is 5.11 Å². The predicted molar refractivity (Wildman–Crippen MR) is 82.8 cm³/mol.